The van der Waals surface area contributed by atoms with E-state index in [-0.39, 0.29) is 35.9 Å². The lowest BCUT2D eigenvalue weighted by atomic mass is 9.60. The fraction of sp³-hybridized carbons (Fsp3) is 0.500. The molecule has 0 spiro atoms. The van der Waals surface area contributed by atoms with E-state index in [9.17, 15) is 31.9 Å². The summed E-state index contributed by atoms with van der Waals surface area (Å²) in [6.07, 6.45) is 1.08. The van der Waals surface area contributed by atoms with Gasteiger partial charge in [0.1, 0.15) is 5.82 Å². The van der Waals surface area contributed by atoms with Crippen molar-refractivity contribution < 1.29 is 31.9 Å². The van der Waals surface area contributed by atoms with Gasteiger partial charge in [0, 0.05) is 12.0 Å². The van der Waals surface area contributed by atoms with Crippen molar-refractivity contribution in [1.82, 2.24) is 5.32 Å². The lowest BCUT2D eigenvalue weighted by Gasteiger charge is -2.45. The van der Waals surface area contributed by atoms with Crippen molar-refractivity contribution in [2.45, 2.75) is 83.2 Å². The van der Waals surface area contributed by atoms with Gasteiger partial charge in [0.05, 0.1) is 11.0 Å². The highest BCUT2D eigenvalue weighted by molar-refractivity contribution is 6.00. The zero-order valence-electron chi connectivity index (χ0n) is 21.5. The van der Waals surface area contributed by atoms with E-state index in [1.165, 1.54) is 25.1 Å². The molecule has 1 saturated heterocycles. The van der Waals surface area contributed by atoms with E-state index in [4.69, 9.17) is 0 Å². The molecule has 1 N–H and O–H groups in total. The minimum Gasteiger partial charge on any atom is -0.296 e. The third-order valence-corrected chi connectivity index (χ3v) is 8.49. The van der Waals surface area contributed by atoms with Gasteiger partial charge in [0.15, 0.2) is 5.78 Å². The normalized spacial score (nSPS) is 24.2. The Morgan fingerprint density at radius 3 is 2.39 bits per heavy atom. The number of amides is 2. The predicted molar refractivity (Wildman–Crippen MR) is 135 cm³/mol. The Bertz CT molecular complexity index is 1200. The molecule has 1 aliphatic heterocycles. The first-order valence-corrected chi connectivity index (χ1v) is 13.3. The van der Waals surface area contributed by atoms with Crippen LogP contribution in [0.3, 0.4) is 0 Å². The maximum atomic E-state index is 13.6. The van der Waals surface area contributed by atoms with Gasteiger partial charge >= 0.3 is 6.18 Å². The van der Waals surface area contributed by atoms with Crippen LogP contribution in [0.1, 0.15) is 97.7 Å². The van der Waals surface area contributed by atoms with Crippen LogP contribution in [0, 0.1) is 17.2 Å². The van der Waals surface area contributed by atoms with Gasteiger partial charge in [0.25, 0.3) is 0 Å². The van der Waals surface area contributed by atoms with Crippen LogP contribution in [0.2, 0.25) is 0 Å². The van der Waals surface area contributed by atoms with Gasteiger partial charge in [-0.15, -0.1) is 0 Å². The Balaban J connectivity index is 1.45. The quantitative estimate of drug-likeness (QED) is 0.170. The Morgan fingerprint density at radius 2 is 1.74 bits per heavy atom. The number of ketones is 1. The van der Waals surface area contributed by atoms with Gasteiger partial charge in [0.2, 0.25) is 11.8 Å². The minimum atomic E-state index is -4.41. The number of aryl methyl sites for hydroxylation is 1. The first-order valence-electron chi connectivity index (χ1n) is 13.3. The van der Waals surface area contributed by atoms with Gasteiger partial charge in [-0.2, -0.15) is 13.2 Å². The summed E-state index contributed by atoms with van der Waals surface area (Å²) in [6.45, 7) is 1.40. The highest BCUT2D eigenvalue weighted by atomic mass is 19.4. The maximum absolute atomic E-state index is 13.6. The lowest BCUT2D eigenvalue weighted by molar-refractivity contribution is -0.146. The van der Waals surface area contributed by atoms with Gasteiger partial charge in [-0.25, -0.2) is 4.39 Å². The molecule has 8 heteroatoms. The average Bonchev–Trinajstić information content (AvgIpc) is 2.88. The zero-order valence-corrected chi connectivity index (χ0v) is 21.5. The van der Waals surface area contributed by atoms with Gasteiger partial charge in [-0.1, -0.05) is 30.7 Å². The molecule has 1 aliphatic carbocycles. The number of rotatable bonds is 8. The number of nitrogens with one attached hydrogen (secondary N) is 1. The Hall–Kier alpha value is -3.03. The van der Waals surface area contributed by atoms with Crippen molar-refractivity contribution >= 4 is 17.6 Å². The number of alkyl halides is 3. The summed E-state index contributed by atoms with van der Waals surface area (Å²) in [5.74, 6) is -1.49. The highest BCUT2D eigenvalue weighted by Crippen LogP contribution is 2.51. The van der Waals surface area contributed by atoms with E-state index in [1.807, 2.05) is 0 Å². The molecular formula is C30H33F4NO3. The molecule has 2 aromatic carbocycles. The smallest absolute Gasteiger partial charge is 0.296 e. The molecule has 2 aliphatic rings. The number of halogens is 4. The SMILES string of the molecule is CC(=O)c1cc(F)ccc1CCCCC1(C2CCC(c3ccccc3C(F)(F)F)CC2)CCC(=O)NC1=O. The molecular weight excluding hydrogens is 498 g/mol. The summed E-state index contributed by atoms with van der Waals surface area (Å²) >= 11 is 0. The Labute approximate surface area is 220 Å². The summed E-state index contributed by atoms with van der Waals surface area (Å²) in [5, 5.41) is 2.52. The van der Waals surface area contributed by atoms with Crippen molar-refractivity contribution in [3.05, 3.63) is 70.5 Å². The second-order valence-electron chi connectivity index (χ2n) is 10.7. The monoisotopic (exact) mass is 531 g/mol. The number of Topliss-reactive ketones (excluding diaryl/α,β-unsaturated/α-hetero) is 1. The van der Waals surface area contributed by atoms with Crippen molar-refractivity contribution in [3.8, 4) is 0 Å². The molecule has 4 nitrogen and oxygen atoms in total. The third kappa shape index (κ3) is 6.00. The standard InChI is InChI=1S/C30H33F4NO3/c1-19(36)25-18-23(31)14-11-20(25)6-4-5-16-29(17-15-27(37)35-28(29)38)22-12-9-21(10-13-22)24-7-2-3-8-26(24)30(32,33)34/h2-3,7-8,11,14,18,21-22H,4-6,9-10,12-13,15-17H2,1H3,(H,35,37,38). The molecule has 204 valence electrons. The number of hydrogen-bond acceptors (Lipinski definition) is 3. The molecule has 4 rings (SSSR count). The van der Waals surface area contributed by atoms with Crippen molar-refractivity contribution in [2.75, 3.05) is 0 Å². The summed E-state index contributed by atoms with van der Waals surface area (Å²) in [6, 6.07) is 9.92. The zero-order chi connectivity index (χ0) is 27.5. The highest BCUT2D eigenvalue weighted by Gasteiger charge is 2.49. The molecule has 1 unspecified atom stereocenters. The van der Waals surface area contributed by atoms with E-state index in [0.717, 1.165) is 11.6 Å². The summed E-state index contributed by atoms with van der Waals surface area (Å²) in [5.41, 5.74) is 0.105. The van der Waals surface area contributed by atoms with Crippen LogP contribution >= 0.6 is 0 Å². The fourth-order valence-electron chi connectivity index (χ4n) is 6.51. The summed E-state index contributed by atoms with van der Waals surface area (Å²) < 4.78 is 54.4. The van der Waals surface area contributed by atoms with Crippen LogP contribution in [0.15, 0.2) is 42.5 Å². The summed E-state index contributed by atoms with van der Waals surface area (Å²) in [4.78, 5) is 37.1. The van der Waals surface area contributed by atoms with E-state index >= 15 is 0 Å². The van der Waals surface area contributed by atoms with E-state index in [0.29, 0.717) is 68.9 Å². The van der Waals surface area contributed by atoms with Crippen LogP contribution in [0.5, 0.6) is 0 Å². The number of imide groups is 1. The van der Waals surface area contributed by atoms with Crippen molar-refractivity contribution in [1.29, 1.82) is 0 Å². The molecule has 0 aromatic heterocycles. The molecule has 2 aromatic rings. The van der Waals surface area contributed by atoms with E-state index < -0.39 is 23.0 Å². The second-order valence-corrected chi connectivity index (χ2v) is 10.7. The van der Waals surface area contributed by atoms with Crippen molar-refractivity contribution in [2.24, 2.45) is 11.3 Å². The number of hydrogen-bond donors (Lipinski definition) is 1. The Kier molecular flexibility index (Phi) is 8.38. The van der Waals surface area contributed by atoms with Crippen LogP contribution in [-0.4, -0.2) is 17.6 Å². The maximum Gasteiger partial charge on any atom is 0.416 e. The van der Waals surface area contributed by atoms with Crippen LogP contribution in [0.25, 0.3) is 0 Å². The van der Waals surface area contributed by atoms with Crippen LogP contribution < -0.4 is 5.32 Å². The number of unbranched alkanes of at least 4 members (excludes halogenated alkanes) is 1. The van der Waals surface area contributed by atoms with Gasteiger partial charge in [-0.05, 0) is 99.5 Å². The molecule has 1 atom stereocenters. The molecule has 1 heterocycles. The lowest BCUT2D eigenvalue weighted by Crippen LogP contribution is -2.53. The minimum absolute atomic E-state index is 0.0245. The molecule has 0 radical (unpaired) electrons. The van der Waals surface area contributed by atoms with Crippen molar-refractivity contribution in [3.63, 3.8) is 0 Å². The van der Waals surface area contributed by atoms with Crippen LogP contribution in [0.4, 0.5) is 17.6 Å². The molecule has 2 amide bonds. The molecule has 1 saturated carbocycles. The molecule has 38 heavy (non-hydrogen) atoms. The largest absolute Gasteiger partial charge is 0.416 e. The number of piperidine rings is 1. The summed E-state index contributed by atoms with van der Waals surface area (Å²) in [7, 11) is 0. The second kappa shape index (κ2) is 11.4. The van der Waals surface area contributed by atoms with E-state index in [1.54, 1.807) is 18.2 Å². The van der Waals surface area contributed by atoms with Gasteiger partial charge < -0.3 is 0 Å². The number of carbonyl (C=O) groups excluding carboxylic acids is 3. The first kappa shape index (κ1) is 28.0. The third-order valence-electron chi connectivity index (χ3n) is 8.49. The first-order chi connectivity index (χ1) is 18.0. The van der Waals surface area contributed by atoms with E-state index in [2.05, 4.69) is 5.32 Å². The number of benzene rings is 2. The van der Waals surface area contributed by atoms with Gasteiger partial charge in [-0.3, -0.25) is 19.7 Å². The predicted octanol–water partition coefficient (Wildman–Crippen LogP) is 7.16. The topological polar surface area (TPSA) is 63.2 Å². The molecule has 0 bridgehead atoms. The molecule has 2 fully saturated rings. The average molecular weight is 532 g/mol. The fourth-order valence-corrected chi connectivity index (χ4v) is 6.51. The van der Waals surface area contributed by atoms with Crippen LogP contribution in [-0.2, 0) is 22.2 Å². The number of carbonyl (C=O) groups is 3. The Morgan fingerprint density at radius 1 is 1.03 bits per heavy atom.